The highest BCUT2D eigenvalue weighted by Gasteiger charge is 2.18. The molecule has 0 fully saturated rings. The molecule has 1 N–H and O–H groups in total. The smallest absolute Gasteiger partial charge is 0.123 e. The van der Waals surface area contributed by atoms with E-state index in [1.807, 2.05) is 18.2 Å². The van der Waals surface area contributed by atoms with E-state index in [1.165, 1.54) is 23.8 Å². The molecule has 0 bridgehead atoms. The van der Waals surface area contributed by atoms with Gasteiger partial charge in [0.2, 0.25) is 0 Å². The third-order valence-corrected chi connectivity index (χ3v) is 4.17. The molecule has 2 aromatic rings. The van der Waals surface area contributed by atoms with Crippen molar-refractivity contribution in [2.24, 2.45) is 0 Å². The van der Waals surface area contributed by atoms with Gasteiger partial charge in [-0.3, -0.25) is 0 Å². The molecule has 1 unspecified atom stereocenters. The average Bonchev–Trinajstić information content (AvgIpc) is 2.49. The van der Waals surface area contributed by atoms with Gasteiger partial charge in [0, 0.05) is 10.6 Å². The lowest BCUT2D eigenvalue weighted by Gasteiger charge is -2.22. The van der Waals surface area contributed by atoms with Crippen molar-refractivity contribution in [1.29, 1.82) is 0 Å². The maximum atomic E-state index is 13.2. The van der Waals surface area contributed by atoms with Crippen LogP contribution in [-0.2, 0) is 13.0 Å². The second kappa shape index (κ2) is 6.04. The first-order valence-electron chi connectivity index (χ1n) is 7.01. The van der Waals surface area contributed by atoms with Gasteiger partial charge in [0.25, 0.3) is 0 Å². The number of hydrogen-bond donors (Lipinski definition) is 1. The Labute approximate surface area is 128 Å². The fraction of sp³-hybridized carbons (Fsp3) is 0.294. The second-order valence-corrected chi connectivity index (χ2v) is 5.70. The van der Waals surface area contributed by atoms with Crippen molar-refractivity contribution >= 4 is 11.6 Å². The van der Waals surface area contributed by atoms with Crippen molar-refractivity contribution in [1.82, 2.24) is 0 Å². The highest BCUT2D eigenvalue weighted by Crippen LogP contribution is 2.32. The summed E-state index contributed by atoms with van der Waals surface area (Å²) in [7, 11) is 0. The summed E-state index contributed by atoms with van der Waals surface area (Å²) in [6, 6.07) is 9.94. The lowest BCUT2D eigenvalue weighted by Crippen LogP contribution is -2.09. The Morgan fingerprint density at radius 3 is 2.95 bits per heavy atom. The monoisotopic (exact) mass is 306 g/mol. The van der Waals surface area contributed by atoms with Crippen LogP contribution in [0.2, 0.25) is 5.02 Å². The highest BCUT2D eigenvalue weighted by molar-refractivity contribution is 6.31. The normalized spacial score (nSPS) is 17.4. The summed E-state index contributed by atoms with van der Waals surface area (Å²) in [6.45, 7) is 0.200. The van der Waals surface area contributed by atoms with E-state index in [1.54, 1.807) is 0 Å². The van der Waals surface area contributed by atoms with Crippen LogP contribution in [0.4, 0.5) is 4.39 Å². The second-order valence-electron chi connectivity index (χ2n) is 5.29. The standard InChI is InChI=1S/C17H16ClFO2/c18-16-7-5-13(19)8-12(16)10-21-14-6-4-11-2-1-3-17(20)15(11)9-14/h4-9,17,20H,1-3,10H2. The van der Waals surface area contributed by atoms with Crippen molar-refractivity contribution < 1.29 is 14.2 Å². The van der Waals surface area contributed by atoms with E-state index < -0.39 is 6.10 Å². The average molecular weight is 307 g/mol. The van der Waals surface area contributed by atoms with Crippen LogP contribution in [0, 0.1) is 5.82 Å². The van der Waals surface area contributed by atoms with Crippen LogP contribution in [0.5, 0.6) is 5.75 Å². The SMILES string of the molecule is OC1CCCc2ccc(OCc3cc(F)ccc3Cl)cc21. The number of hydrogen-bond acceptors (Lipinski definition) is 2. The molecule has 1 aliphatic carbocycles. The lowest BCUT2D eigenvalue weighted by atomic mass is 9.89. The first-order valence-corrected chi connectivity index (χ1v) is 7.39. The Morgan fingerprint density at radius 2 is 2.10 bits per heavy atom. The Kier molecular flexibility index (Phi) is 4.13. The number of rotatable bonds is 3. The topological polar surface area (TPSA) is 29.5 Å². The number of fused-ring (bicyclic) bond motifs is 1. The minimum atomic E-state index is -0.421. The van der Waals surface area contributed by atoms with Gasteiger partial charge >= 0.3 is 0 Å². The minimum absolute atomic E-state index is 0.200. The maximum Gasteiger partial charge on any atom is 0.123 e. The molecule has 0 saturated heterocycles. The van der Waals surface area contributed by atoms with Crippen LogP contribution in [0.25, 0.3) is 0 Å². The Morgan fingerprint density at radius 1 is 1.24 bits per heavy atom. The largest absolute Gasteiger partial charge is 0.489 e. The number of aliphatic hydroxyl groups excluding tert-OH is 1. The van der Waals surface area contributed by atoms with E-state index in [-0.39, 0.29) is 12.4 Å². The van der Waals surface area contributed by atoms with E-state index >= 15 is 0 Å². The Hall–Kier alpha value is -1.58. The fourth-order valence-electron chi connectivity index (χ4n) is 2.66. The third kappa shape index (κ3) is 3.20. The van der Waals surface area contributed by atoms with Crippen LogP contribution >= 0.6 is 11.6 Å². The molecule has 0 heterocycles. The van der Waals surface area contributed by atoms with Gasteiger partial charge in [-0.05, 0) is 60.7 Å². The van der Waals surface area contributed by atoms with Crippen LogP contribution < -0.4 is 4.74 Å². The zero-order chi connectivity index (χ0) is 14.8. The molecular formula is C17H16ClFO2. The van der Waals surface area contributed by atoms with Gasteiger partial charge in [-0.1, -0.05) is 17.7 Å². The lowest BCUT2D eigenvalue weighted by molar-refractivity contribution is 0.156. The first kappa shape index (κ1) is 14.4. The predicted molar refractivity (Wildman–Crippen MR) is 80.1 cm³/mol. The van der Waals surface area contributed by atoms with E-state index in [0.29, 0.717) is 16.3 Å². The van der Waals surface area contributed by atoms with Gasteiger partial charge in [0.1, 0.15) is 18.2 Å². The Balaban J connectivity index is 1.76. The van der Waals surface area contributed by atoms with Gasteiger partial charge < -0.3 is 9.84 Å². The third-order valence-electron chi connectivity index (χ3n) is 3.80. The molecule has 0 spiro atoms. The number of aliphatic hydroxyl groups is 1. The van der Waals surface area contributed by atoms with Crippen LogP contribution in [0.1, 0.15) is 35.6 Å². The molecule has 21 heavy (non-hydrogen) atoms. The molecule has 0 saturated carbocycles. The van der Waals surface area contributed by atoms with E-state index in [2.05, 4.69) is 0 Å². The molecule has 2 nitrogen and oxygen atoms in total. The molecule has 4 heteroatoms. The van der Waals surface area contributed by atoms with Crippen molar-refractivity contribution in [3.63, 3.8) is 0 Å². The van der Waals surface area contributed by atoms with Crippen molar-refractivity contribution in [3.05, 3.63) is 63.9 Å². The van der Waals surface area contributed by atoms with Crippen molar-refractivity contribution in [2.45, 2.75) is 32.0 Å². The molecule has 0 amide bonds. The molecule has 0 aliphatic heterocycles. The summed E-state index contributed by atoms with van der Waals surface area (Å²) in [4.78, 5) is 0. The molecular weight excluding hydrogens is 291 g/mol. The molecule has 1 aliphatic rings. The number of ether oxygens (including phenoxy) is 1. The van der Waals surface area contributed by atoms with Gasteiger partial charge in [-0.15, -0.1) is 0 Å². The predicted octanol–water partition coefficient (Wildman–Crippen LogP) is 4.43. The zero-order valence-electron chi connectivity index (χ0n) is 11.5. The van der Waals surface area contributed by atoms with E-state index in [9.17, 15) is 9.50 Å². The molecule has 1 atom stereocenters. The number of aryl methyl sites for hydroxylation is 1. The van der Waals surface area contributed by atoms with E-state index in [4.69, 9.17) is 16.3 Å². The molecule has 110 valence electrons. The first-order chi connectivity index (χ1) is 10.1. The van der Waals surface area contributed by atoms with Gasteiger partial charge in [0.15, 0.2) is 0 Å². The van der Waals surface area contributed by atoms with Gasteiger partial charge in [0.05, 0.1) is 6.10 Å². The zero-order valence-corrected chi connectivity index (χ0v) is 12.2. The summed E-state index contributed by atoms with van der Waals surface area (Å²) in [5.41, 5.74) is 2.71. The van der Waals surface area contributed by atoms with Crippen LogP contribution in [-0.4, -0.2) is 5.11 Å². The molecule has 2 aromatic carbocycles. The maximum absolute atomic E-state index is 13.2. The summed E-state index contributed by atoms with van der Waals surface area (Å²) in [6.07, 6.45) is 2.36. The molecule has 0 radical (unpaired) electrons. The molecule has 0 aromatic heterocycles. The summed E-state index contributed by atoms with van der Waals surface area (Å²) in [5, 5.41) is 10.5. The minimum Gasteiger partial charge on any atom is -0.489 e. The van der Waals surface area contributed by atoms with Gasteiger partial charge in [-0.2, -0.15) is 0 Å². The number of benzene rings is 2. The van der Waals surface area contributed by atoms with Crippen molar-refractivity contribution in [2.75, 3.05) is 0 Å². The fourth-order valence-corrected chi connectivity index (χ4v) is 2.83. The quantitative estimate of drug-likeness (QED) is 0.909. The van der Waals surface area contributed by atoms with Crippen LogP contribution in [0.15, 0.2) is 36.4 Å². The summed E-state index contributed by atoms with van der Waals surface area (Å²) >= 11 is 6.01. The molecule has 3 rings (SSSR count). The van der Waals surface area contributed by atoms with Crippen molar-refractivity contribution in [3.8, 4) is 5.75 Å². The van der Waals surface area contributed by atoms with Gasteiger partial charge in [-0.25, -0.2) is 4.39 Å². The Bertz CT molecular complexity index is 657. The highest BCUT2D eigenvalue weighted by atomic mass is 35.5. The summed E-state index contributed by atoms with van der Waals surface area (Å²) in [5.74, 6) is 0.328. The number of halogens is 2. The van der Waals surface area contributed by atoms with Crippen LogP contribution in [0.3, 0.4) is 0 Å². The summed E-state index contributed by atoms with van der Waals surface area (Å²) < 4.78 is 18.9. The van der Waals surface area contributed by atoms with E-state index in [0.717, 1.165) is 24.8 Å².